The number of nitrogens with two attached hydrogens (primary N) is 1. The average Bonchev–Trinajstić information content (AvgIpc) is 2.87. The van der Waals surface area contributed by atoms with Crippen LogP contribution in [0.15, 0.2) is 40.2 Å². The van der Waals surface area contributed by atoms with E-state index in [4.69, 9.17) is 17.3 Å². The summed E-state index contributed by atoms with van der Waals surface area (Å²) in [6, 6.07) is 12.5. The van der Waals surface area contributed by atoms with Crippen LogP contribution in [0.1, 0.15) is 29.0 Å². The summed E-state index contributed by atoms with van der Waals surface area (Å²) < 4.78 is 1.16. The van der Waals surface area contributed by atoms with Gasteiger partial charge in [0, 0.05) is 21.7 Å². The molecular weight excluding hydrogens is 374 g/mol. The number of thioether (sulfide) groups is 1. The fraction of sp³-hybridized carbons (Fsp3) is 0.333. The van der Waals surface area contributed by atoms with Crippen LogP contribution in [0, 0.1) is 0 Å². The molecular formula is C15H17BrClNS2. The van der Waals surface area contributed by atoms with Gasteiger partial charge in [-0.1, -0.05) is 30.7 Å². The van der Waals surface area contributed by atoms with Gasteiger partial charge in [-0.05, 0) is 52.2 Å². The highest BCUT2D eigenvalue weighted by Gasteiger charge is 2.20. The zero-order chi connectivity index (χ0) is 14.5. The van der Waals surface area contributed by atoms with E-state index in [1.165, 1.54) is 10.4 Å². The van der Waals surface area contributed by atoms with Gasteiger partial charge >= 0.3 is 0 Å². The minimum absolute atomic E-state index is 0.179. The highest BCUT2D eigenvalue weighted by molar-refractivity contribution is 9.11. The highest BCUT2D eigenvalue weighted by atomic mass is 79.9. The smallest absolute Gasteiger partial charge is 0.0701 e. The minimum atomic E-state index is 0.179. The molecule has 2 N–H and O–H groups in total. The van der Waals surface area contributed by atoms with E-state index < -0.39 is 0 Å². The van der Waals surface area contributed by atoms with Crippen molar-refractivity contribution in [3.8, 4) is 0 Å². The van der Waals surface area contributed by atoms with Crippen molar-refractivity contribution in [2.24, 2.45) is 5.73 Å². The Morgan fingerprint density at radius 1 is 1.25 bits per heavy atom. The van der Waals surface area contributed by atoms with Crippen LogP contribution < -0.4 is 5.73 Å². The number of halogens is 2. The molecule has 0 aliphatic rings. The van der Waals surface area contributed by atoms with E-state index in [0.717, 1.165) is 21.0 Å². The van der Waals surface area contributed by atoms with Gasteiger partial charge in [0.25, 0.3) is 0 Å². The number of benzene rings is 1. The second kappa shape index (κ2) is 7.85. The van der Waals surface area contributed by atoms with Crippen LogP contribution >= 0.6 is 50.6 Å². The molecule has 0 aliphatic carbocycles. The maximum atomic E-state index is 6.30. The van der Waals surface area contributed by atoms with E-state index in [1.54, 1.807) is 11.3 Å². The maximum Gasteiger partial charge on any atom is 0.0701 e. The Kier molecular flexibility index (Phi) is 6.43. The van der Waals surface area contributed by atoms with Crippen molar-refractivity contribution < 1.29 is 0 Å². The number of hydrogen-bond donors (Lipinski definition) is 1. The first-order valence-corrected chi connectivity index (χ1v) is 9.50. The molecule has 2 rings (SSSR count). The Morgan fingerprint density at radius 3 is 2.50 bits per heavy atom. The Bertz CT molecular complexity index is 541. The van der Waals surface area contributed by atoms with Gasteiger partial charge in [-0.15, -0.1) is 23.1 Å². The molecule has 1 heterocycles. The fourth-order valence-corrected chi connectivity index (χ4v) is 5.08. The standard InChI is InChI=1S/C15H17BrClNS2/c1-2-12(18)15(13-7-8-14(16)20-13)19-9-10-3-5-11(17)6-4-10/h3-8,12,15H,2,9,18H2,1H3. The monoisotopic (exact) mass is 389 g/mol. The van der Waals surface area contributed by atoms with E-state index >= 15 is 0 Å². The van der Waals surface area contributed by atoms with E-state index in [0.29, 0.717) is 5.25 Å². The van der Waals surface area contributed by atoms with Gasteiger partial charge in [0.15, 0.2) is 0 Å². The third kappa shape index (κ3) is 4.50. The molecule has 5 heteroatoms. The molecule has 0 saturated heterocycles. The maximum absolute atomic E-state index is 6.30. The summed E-state index contributed by atoms with van der Waals surface area (Å²) in [6.07, 6.45) is 0.980. The van der Waals surface area contributed by atoms with Crippen LogP contribution in [-0.2, 0) is 5.75 Å². The molecule has 0 radical (unpaired) electrons. The van der Waals surface area contributed by atoms with Crippen LogP contribution in [-0.4, -0.2) is 6.04 Å². The lowest BCUT2D eigenvalue weighted by Crippen LogP contribution is -2.25. The largest absolute Gasteiger partial charge is 0.326 e. The van der Waals surface area contributed by atoms with Gasteiger partial charge in [-0.3, -0.25) is 0 Å². The Labute approximate surface area is 142 Å². The van der Waals surface area contributed by atoms with Crippen molar-refractivity contribution in [2.75, 3.05) is 0 Å². The lowest BCUT2D eigenvalue weighted by atomic mass is 10.1. The van der Waals surface area contributed by atoms with Crippen LogP contribution in [0.3, 0.4) is 0 Å². The molecule has 0 aliphatic heterocycles. The number of hydrogen-bond acceptors (Lipinski definition) is 3. The molecule has 1 nitrogen and oxygen atoms in total. The summed E-state index contributed by atoms with van der Waals surface area (Å²) >= 11 is 13.1. The molecule has 108 valence electrons. The van der Waals surface area contributed by atoms with Gasteiger partial charge in [0.1, 0.15) is 0 Å². The van der Waals surface area contributed by atoms with E-state index in [9.17, 15) is 0 Å². The first kappa shape index (κ1) is 16.4. The summed E-state index contributed by atoms with van der Waals surface area (Å²) in [7, 11) is 0. The van der Waals surface area contributed by atoms with Gasteiger partial charge < -0.3 is 5.73 Å². The summed E-state index contributed by atoms with van der Waals surface area (Å²) in [6.45, 7) is 2.14. The SMILES string of the molecule is CCC(N)C(SCc1ccc(Cl)cc1)c1ccc(Br)s1. The molecule has 20 heavy (non-hydrogen) atoms. The molecule has 0 bridgehead atoms. The Morgan fingerprint density at radius 2 is 1.95 bits per heavy atom. The van der Waals surface area contributed by atoms with Crippen molar-refractivity contribution in [3.63, 3.8) is 0 Å². The van der Waals surface area contributed by atoms with Gasteiger partial charge in [0.2, 0.25) is 0 Å². The predicted molar refractivity (Wildman–Crippen MR) is 95.8 cm³/mol. The highest BCUT2D eigenvalue weighted by Crippen LogP contribution is 2.39. The molecule has 0 fully saturated rings. The van der Waals surface area contributed by atoms with Crippen molar-refractivity contribution >= 4 is 50.6 Å². The van der Waals surface area contributed by atoms with E-state index in [2.05, 4.69) is 47.1 Å². The summed E-state index contributed by atoms with van der Waals surface area (Å²) in [5.41, 5.74) is 7.58. The van der Waals surface area contributed by atoms with Gasteiger partial charge in [-0.25, -0.2) is 0 Å². The Balaban J connectivity index is 2.06. The summed E-state index contributed by atoms with van der Waals surface area (Å²) in [5, 5.41) is 1.12. The normalized spacial score (nSPS) is 14.2. The van der Waals surface area contributed by atoms with Crippen LogP contribution in [0.4, 0.5) is 0 Å². The second-order valence-corrected chi connectivity index (χ2v) is 8.63. The first-order valence-electron chi connectivity index (χ1n) is 6.47. The molecule has 1 aromatic carbocycles. The topological polar surface area (TPSA) is 26.0 Å². The van der Waals surface area contributed by atoms with E-state index in [-0.39, 0.29) is 6.04 Å². The fourth-order valence-electron chi connectivity index (χ4n) is 1.88. The zero-order valence-electron chi connectivity index (χ0n) is 11.2. The van der Waals surface area contributed by atoms with Crippen LogP contribution in [0.2, 0.25) is 5.02 Å². The summed E-state index contributed by atoms with van der Waals surface area (Å²) in [4.78, 5) is 1.34. The molecule has 2 unspecified atom stereocenters. The third-order valence-electron chi connectivity index (χ3n) is 3.08. The molecule has 0 saturated carbocycles. The molecule has 0 spiro atoms. The van der Waals surface area contributed by atoms with Crippen molar-refractivity contribution in [2.45, 2.75) is 30.4 Å². The minimum Gasteiger partial charge on any atom is -0.326 e. The average molecular weight is 391 g/mol. The van der Waals surface area contributed by atoms with Crippen molar-refractivity contribution in [1.82, 2.24) is 0 Å². The summed E-state index contributed by atoms with van der Waals surface area (Å²) in [5.74, 6) is 0.949. The zero-order valence-corrected chi connectivity index (χ0v) is 15.2. The molecule has 0 amide bonds. The lowest BCUT2D eigenvalue weighted by molar-refractivity contribution is 0.640. The van der Waals surface area contributed by atoms with Crippen molar-refractivity contribution in [3.05, 3.63) is 55.6 Å². The van der Waals surface area contributed by atoms with Gasteiger partial charge in [0.05, 0.1) is 9.04 Å². The number of rotatable bonds is 6. The number of thiophene rings is 1. The molecule has 2 atom stereocenters. The van der Waals surface area contributed by atoms with E-state index in [1.807, 2.05) is 23.9 Å². The van der Waals surface area contributed by atoms with Gasteiger partial charge in [-0.2, -0.15) is 0 Å². The second-order valence-electron chi connectivity index (χ2n) is 4.57. The predicted octanol–water partition coefficient (Wildman–Crippen LogP) is 5.88. The Hall–Kier alpha value is -0.0000000000000000833. The van der Waals surface area contributed by atoms with Crippen LogP contribution in [0.25, 0.3) is 0 Å². The quantitative estimate of drug-likeness (QED) is 0.667. The lowest BCUT2D eigenvalue weighted by Gasteiger charge is -2.21. The molecule has 2 aromatic rings. The van der Waals surface area contributed by atoms with Crippen LogP contribution in [0.5, 0.6) is 0 Å². The van der Waals surface area contributed by atoms with Crippen molar-refractivity contribution in [1.29, 1.82) is 0 Å². The first-order chi connectivity index (χ1) is 9.60. The third-order valence-corrected chi connectivity index (χ3v) is 6.65. The molecule has 1 aromatic heterocycles.